The summed E-state index contributed by atoms with van der Waals surface area (Å²) in [5.41, 5.74) is 4.55. The summed E-state index contributed by atoms with van der Waals surface area (Å²) in [6, 6.07) is 29.2. The fraction of sp³-hybridized carbons (Fsp3) is 0.508. The molecule has 0 aromatic heterocycles. The van der Waals surface area contributed by atoms with Crippen LogP contribution in [0.2, 0.25) is 0 Å². The second-order valence-corrected chi connectivity index (χ2v) is 19.4. The molecular formula is C59H77N3O8. The van der Waals surface area contributed by atoms with Gasteiger partial charge < -0.3 is 39.5 Å². The van der Waals surface area contributed by atoms with Crippen LogP contribution in [-0.4, -0.2) is 71.6 Å². The third-order valence-electron chi connectivity index (χ3n) is 14.7. The van der Waals surface area contributed by atoms with Gasteiger partial charge in [-0.1, -0.05) is 161 Å². The molecule has 1 heterocycles. The van der Waals surface area contributed by atoms with Crippen molar-refractivity contribution in [2.75, 3.05) is 26.9 Å². The lowest BCUT2D eigenvalue weighted by Crippen LogP contribution is -2.70. The van der Waals surface area contributed by atoms with Gasteiger partial charge in [0.05, 0.1) is 18.2 Å². The Kier molecular flexibility index (Phi) is 19.9. The van der Waals surface area contributed by atoms with E-state index in [2.05, 4.69) is 55.2 Å². The summed E-state index contributed by atoms with van der Waals surface area (Å²) in [5.74, 6) is -1.09. The molecular weight excluding hydrogens is 879 g/mol. The van der Waals surface area contributed by atoms with Crippen LogP contribution in [0.25, 0.3) is 10.8 Å². The summed E-state index contributed by atoms with van der Waals surface area (Å²) >= 11 is 0. The topological polar surface area (TPSA) is 139 Å². The number of nitrogens with zero attached hydrogens (tertiary/aromatic N) is 2. The molecule has 4 aromatic carbocycles. The van der Waals surface area contributed by atoms with E-state index in [0.29, 0.717) is 50.3 Å². The lowest BCUT2D eigenvalue weighted by molar-refractivity contribution is -0.258. The number of carbonyl (C=O) groups is 2. The highest BCUT2D eigenvalue weighted by Gasteiger charge is 2.65. The van der Waals surface area contributed by atoms with Crippen molar-refractivity contribution in [1.82, 2.24) is 10.2 Å². The maximum absolute atomic E-state index is 15.4. The molecule has 3 N–H and O–H groups in total. The van der Waals surface area contributed by atoms with Gasteiger partial charge in [-0.2, -0.15) is 0 Å². The number of hydrogen-bond acceptors (Lipinski definition) is 9. The molecule has 2 amide bonds. The Labute approximate surface area is 416 Å². The van der Waals surface area contributed by atoms with Crippen molar-refractivity contribution in [3.63, 3.8) is 0 Å². The summed E-state index contributed by atoms with van der Waals surface area (Å²) in [4.78, 5) is 36.5. The van der Waals surface area contributed by atoms with Gasteiger partial charge in [0, 0.05) is 50.6 Å². The second-order valence-electron chi connectivity index (χ2n) is 19.4. The SMILES string of the molecule is C=CCOC12Oc3ccc(OC(=O)NCc4ccccc4)cc3C3C(CCCCO)C(CCCCO)C=C(C(=NOC)CC1N(Cc1cccc4ccccc14)C(=O)CCCCCCCCCCC)C32. The number of hydrogen-bond donors (Lipinski definition) is 3. The van der Waals surface area contributed by atoms with Crippen LogP contribution >= 0.6 is 0 Å². The van der Waals surface area contributed by atoms with Gasteiger partial charge in [0.2, 0.25) is 11.7 Å². The Morgan fingerprint density at radius 2 is 1.57 bits per heavy atom. The number of allylic oxidation sites excluding steroid dienone is 1. The second kappa shape index (κ2) is 26.6. The average molecular weight is 956 g/mol. The van der Waals surface area contributed by atoms with Crippen molar-refractivity contribution < 1.29 is 38.9 Å². The van der Waals surface area contributed by atoms with E-state index in [1.165, 1.54) is 38.5 Å². The largest absolute Gasteiger partial charge is 0.459 e. The van der Waals surface area contributed by atoms with Crippen LogP contribution in [0.15, 0.2) is 120 Å². The van der Waals surface area contributed by atoms with Crippen molar-refractivity contribution in [1.29, 1.82) is 0 Å². The number of benzene rings is 4. The number of oxime groups is 1. The first-order valence-electron chi connectivity index (χ1n) is 26.2. The van der Waals surface area contributed by atoms with Gasteiger partial charge in [0.25, 0.3) is 0 Å². The van der Waals surface area contributed by atoms with E-state index in [-0.39, 0.29) is 43.5 Å². The Bertz CT molecular complexity index is 2360. The lowest BCUT2D eigenvalue weighted by Gasteiger charge is -2.60. The molecule has 11 nitrogen and oxygen atoms in total. The van der Waals surface area contributed by atoms with E-state index in [1.54, 1.807) is 19.3 Å². The summed E-state index contributed by atoms with van der Waals surface area (Å²) in [7, 11) is 1.57. The van der Waals surface area contributed by atoms with Gasteiger partial charge >= 0.3 is 6.09 Å². The van der Waals surface area contributed by atoms with Crippen molar-refractivity contribution in [2.24, 2.45) is 22.9 Å². The highest BCUT2D eigenvalue weighted by Crippen LogP contribution is 2.62. The smallest absolute Gasteiger partial charge is 0.412 e. The van der Waals surface area contributed by atoms with E-state index in [1.807, 2.05) is 59.5 Å². The van der Waals surface area contributed by atoms with Crippen LogP contribution in [0.1, 0.15) is 139 Å². The quantitative estimate of drug-likeness (QED) is 0.0291. The van der Waals surface area contributed by atoms with Crippen LogP contribution in [0, 0.1) is 17.8 Å². The van der Waals surface area contributed by atoms with Crippen molar-refractivity contribution >= 4 is 28.5 Å². The van der Waals surface area contributed by atoms with Crippen LogP contribution in [-0.2, 0) is 27.5 Å². The number of nitrogens with one attached hydrogen (secondary N) is 1. The Morgan fingerprint density at radius 1 is 0.857 bits per heavy atom. The van der Waals surface area contributed by atoms with E-state index < -0.39 is 23.8 Å². The van der Waals surface area contributed by atoms with Gasteiger partial charge in [-0.15, -0.1) is 6.58 Å². The van der Waals surface area contributed by atoms with Gasteiger partial charge in [-0.3, -0.25) is 4.79 Å². The monoisotopic (exact) mass is 956 g/mol. The Hall–Kier alpha value is -5.49. The third-order valence-corrected chi connectivity index (χ3v) is 14.7. The van der Waals surface area contributed by atoms with E-state index >= 15 is 4.79 Å². The molecule has 0 spiro atoms. The number of ether oxygens (including phenoxy) is 3. The molecule has 0 radical (unpaired) electrons. The lowest BCUT2D eigenvalue weighted by atomic mass is 9.55. The van der Waals surface area contributed by atoms with Crippen LogP contribution in [0.5, 0.6) is 11.5 Å². The molecule has 11 heteroatoms. The zero-order valence-electron chi connectivity index (χ0n) is 41.7. The molecule has 6 atom stereocenters. The maximum atomic E-state index is 15.4. The summed E-state index contributed by atoms with van der Waals surface area (Å²) < 4.78 is 20.8. The molecule has 1 saturated carbocycles. The molecule has 6 unspecified atom stereocenters. The van der Waals surface area contributed by atoms with E-state index in [4.69, 9.17) is 24.2 Å². The standard InChI is InChI=1S/C59H77N3O8/c1-4-6-7-8-9-10-11-12-16-32-55(65)62(42-46-29-23-28-44-26-17-18-30-48(44)46)54-40-52(61-67-3)50-38-45(27-19-21-35-63)49(31-20-22-36-64)56-51-39-47(69-58(66)60-41-43-24-14-13-15-25-43)33-34-53(51)70-59(54,57(50)56)68-37-5-2/h5,13-15,17-18,23-26,28-30,33-34,38-39,45,49,54,56-57,63-64H,2,4,6-12,16,19-22,27,31-32,35-37,40-42H2,1,3H3,(H,60,66). The predicted molar refractivity (Wildman–Crippen MR) is 278 cm³/mol. The highest BCUT2D eigenvalue weighted by molar-refractivity contribution is 6.03. The van der Waals surface area contributed by atoms with Crippen LogP contribution in [0.4, 0.5) is 4.79 Å². The summed E-state index contributed by atoms with van der Waals surface area (Å²) in [6.07, 6.45) is 19.0. The molecule has 2 aliphatic carbocycles. The fourth-order valence-corrected chi connectivity index (χ4v) is 11.5. The molecule has 1 aliphatic heterocycles. The molecule has 7 rings (SSSR count). The van der Waals surface area contributed by atoms with Crippen LogP contribution in [0.3, 0.4) is 0 Å². The first-order chi connectivity index (χ1) is 34.3. The van der Waals surface area contributed by atoms with E-state index in [0.717, 1.165) is 83.7 Å². The molecule has 4 aromatic rings. The molecule has 0 saturated heterocycles. The number of unbranched alkanes of at least 4 members (excludes halogenated alkanes) is 10. The van der Waals surface area contributed by atoms with Crippen LogP contribution < -0.4 is 14.8 Å². The van der Waals surface area contributed by atoms with Gasteiger partial charge in [-0.25, -0.2) is 4.79 Å². The van der Waals surface area contributed by atoms with Gasteiger partial charge in [-0.05, 0) is 89.6 Å². The van der Waals surface area contributed by atoms with Crippen molar-refractivity contribution in [3.8, 4) is 11.5 Å². The van der Waals surface area contributed by atoms with Gasteiger partial charge in [0.15, 0.2) is 0 Å². The minimum atomic E-state index is -1.41. The summed E-state index contributed by atoms with van der Waals surface area (Å²) in [5, 5.41) is 29.9. The fourth-order valence-electron chi connectivity index (χ4n) is 11.5. The zero-order chi connectivity index (χ0) is 49.1. The van der Waals surface area contributed by atoms with E-state index in [9.17, 15) is 15.0 Å². The number of amides is 2. The molecule has 376 valence electrons. The highest BCUT2D eigenvalue weighted by atomic mass is 16.7. The first-order valence-corrected chi connectivity index (χ1v) is 26.2. The molecule has 0 bridgehead atoms. The maximum Gasteiger partial charge on any atom is 0.412 e. The van der Waals surface area contributed by atoms with Crippen molar-refractivity contribution in [3.05, 3.63) is 132 Å². The third kappa shape index (κ3) is 12.9. The molecule has 1 fully saturated rings. The number of fused-ring (bicyclic) bond motifs is 3. The molecule has 70 heavy (non-hydrogen) atoms. The molecule has 3 aliphatic rings. The Balaban J connectivity index is 1.34. The normalized spacial score (nSPS) is 21.8. The Morgan fingerprint density at radius 3 is 2.31 bits per heavy atom. The summed E-state index contributed by atoms with van der Waals surface area (Å²) in [6.45, 7) is 7.33. The average Bonchev–Trinajstić information content (AvgIpc) is 3.38. The number of carbonyl (C=O) groups excluding carboxylic acids is 2. The van der Waals surface area contributed by atoms with Gasteiger partial charge in [0.1, 0.15) is 24.7 Å². The number of aliphatic hydroxyl groups excluding tert-OH is 2. The number of rotatable bonds is 28. The minimum absolute atomic E-state index is 0.0160. The number of aliphatic hydroxyl groups is 2. The zero-order valence-corrected chi connectivity index (χ0v) is 41.7. The first kappa shape index (κ1) is 52.3. The van der Waals surface area contributed by atoms with Crippen molar-refractivity contribution in [2.45, 2.75) is 147 Å². The predicted octanol–water partition coefficient (Wildman–Crippen LogP) is 12.3. The minimum Gasteiger partial charge on any atom is -0.459 e.